The number of para-hydroxylation sites is 2. The summed E-state index contributed by atoms with van der Waals surface area (Å²) in [5.41, 5.74) is 10.5. The average molecular weight is 193 g/mol. The van der Waals surface area contributed by atoms with Crippen LogP contribution in [0.4, 0.5) is 0 Å². The Morgan fingerprint density at radius 1 is 1.36 bits per heavy atom. The Labute approximate surface area is 80.2 Å². The number of nitrogens with two attached hydrogens (primary N) is 2. The molecule has 0 saturated carbocycles. The number of guanidine groups is 1. The summed E-state index contributed by atoms with van der Waals surface area (Å²) < 4.78 is 1.01. The average Bonchev–Trinajstić information content (AvgIpc) is 2.48. The number of hydrogen-bond acceptors (Lipinski definition) is 3. The zero-order valence-electron chi connectivity index (χ0n) is 7.38. The molecule has 14 heavy (non-hydrogen) atoms. The first-order valence-corrected chi connectivity index (χ1v) is 3.82. The Balaban J connectivity index is 0.000000213. The highest BCUT2D eigenvalue weighted by molar-refractivity contribution is 5.74. The van der Waals surface area contributed by atoms with E-state index in [1.807, 2.05) is 24.3 Å². The molecule has 0 spiro atoms. The summed E-state index contributed by atoms with van der Waals surface area (Å²) in [6.45, 7) is 0. The SMILES string of the molecule is N=C(N)N.On1cnc2ccccc21. The third-order valence-electron chi connectivity index (χ3n) is 1.43. The van der Waals surface area contributed by atoms with E-state index >= 15 is 0 Å². The highest BCUT2D eigenvalue weighted by Gasteiger charge is 1.96. The minimum absolute atomic E-state index is 0.333. The van der Waals surface area contributed by atoms with Gasteiger partial charge >= 0.3 is 0 Å². The lowest BCUT2D eigenvalue weighted by molar-refractivity contribution is 0.198. The van der Waals surface area contributed by atoms with Gasteiger partial charge in [-0.1, -0.05) is 12.1 Å². The molecule has 0 unspecified atom stereocenters. The molecular formula is C8H11N5O. The molecule has 1 aromatic heterocycles. The molecule has 1 aromatic carbocycles. The van der Waals surface area contributed by atoms with Crippen LogP contribution in [-0.2, 0) is 0 Å². The largest absolute Gasteiger partial charge is 0.427 e. The molecule has 74 valence electrons. The number of imidazole rings is 1. The second-order valence-corrected chi connectivity index (χ2v) is 2.53. The molecule has 0 amide bonds. The Morgan fingerprint density at radius 3 is 2.50 bits per heavy atom. The van der Waals surface area contributed by atoms with Crippen molar-refractivity contribution in [1.82, 2.24) is 9.71 Å². The van der Waals surface area contributed by atoms with Crippen LogP contribution >= 0.6 is 0 Å². The highest BCUT2D eigenvalue weighted by atomic mass is 16.5. The number of nitrogens with zero attached hydrogens (tertiary/aromatic N) is 2. The fraction of sp³-hybridized carbons (Fsp3) is 0. The number of hydrogen-bond donors (Lipinski definition) is 4. The van der Waals surface area contributed by atoms with Gasteiger partial charge in [-0.05, 0) is 12.1 Å². The number of aromatic nitrogens is 2. The van der Waals surface area contributed by atoms with Crippen molar-refractivity contribution < 1.29 is 5.21 Å². The van der Waals surface area contributed by atoms with E-state index < -0.39 is 0 Å². The topological polar surface area (TPSA) is 114 Å². The molecular weight excluding hydrogens is 182 g/mol. The van der Waals surface area contributed by atoms with Gasteiger partial charge in [0.25, 0.3) is 0 Å². The van der Waals surface area contributed by atoms with Crippen LogP contribution in [0.3, 0.4) is 0 Å². The lowest BCUT2D eigenvalue weighted by atomic mass is 10.3. The number of benzene rings is 1. The summed E-state index contributed by atoms with van der Waals surface area (Å²) in [5, 5.41) is 15.1. The Bertz CT molecular complexity index is 432. The van der Waals surface area contributed by atoms with Gasteiger partial charge in [0.2, 0.25) is 0 Å². The maximum Gasteiger partial charge on any atom is 0.183 e. The predicted octanol–water partition coefficient (Wildman–Crippen LogP) is 0.112. The molecule has 2 rings (SSSR count). The van der Waals surface area contributed by atoms with Crippen LogP contribution in [0.25, 0.3) is 11.0 Å². The molecule has 1 heterocycles. The standard InChI is InChI=1S/C7H6N2O.CH5N3/c10-9-5-8-6-3-1-2-4-7(6)9;2-1(3)4/h1-5,10H;(H5,2,3,4). The first kappa shape index (κ1) is 9.85. The molecule has 0 aliphatic carbocycles. The van der Waals surface area contributed by atoms with E-state index in [-0.39, 0.29) is 5.96 Å². The molecule has 0 aliphatic heterocycles. The van der Waals surface area contributed by atoms with Crippen molar-refractivity contribution >= 4 is 17.0 Å². The zero-order valence-corrected chi connectivity index (χ0v) is 7.38. The van der Waals surface area contributed by atoms with Gasteiger partial charge in [0.15, 0.2) is 5.96 Å². The van der Waals surface area contributed by atoms with Crippen molar-refractivity contribution in [2.45, 2.75) is 0 Å². The quantitative estimate of drug-likeness (QED) is 0.270. The summed E-state index contributed by atoms with van der Waals surface area (Å²) in [5.74, 6) is -0.333. The van der Waals surface area contributed by atoms with Crippen LogP contribution < -0.4 is 11.5 Å². The van der Waals surface area contributed by atoms with Gasteiger partial charge in [-0.15, -0.1) is 0 Å². The monoisotopic (exact) mass is 193 g/mol. The third-order valence-corrected chi connectivity index (χ3v) is 1.43. The van der Waals surface area contributed by atoms with E-state index in [1.165, 1.54) is 6.33 Å². The smallest absolute Gasteiger partial charge is 0.183 e. The van der Waals surface area contributed by atoms with Gasteiger partial charge in [-0.2, -0.15) is 4.73 Å². The molecule has 6 N–H and O–H groups in total. The number of nitrogens with one attached hydrogen (secondary N) is 1. The number of fused-ring (bicyclic) bond motifs is 1. The Morgan fingerprint density at radius 2 is 1.93 bits per heavy atom. The second kappa shape index (κ2) is 4.13. The molecule has 2 aromatic rings. The maximum atomic E-state index is 9.07. The Hall–Kier alpha value is -2.24. The lowest BCUT2D eigenvalue weighted by Gasteiger charge is -1.88. The minimum Gasteiger partial charge on any atom is -0.427 e. The van der Waals surface area contributed by atoms with Gasteiger partial charge < -0.3 is 16.7 Å². The molecule has 0 bridgehead atoms. The summed E-state index contributed by atoms with van der Waals surface area (Å²) in [6, 6.07) is 7.40. The predicted molar refractivity (Wildman–Crippen MR) is 53.0 cm³/mol. The van der Waals surface area contributed by atoms with E-state index in [9.17, 15) is 0 Å². The van der Waals surface area contributed by atoms with Crippen molar-refractivity contribution in [1.29, 1.82) is 5.41 Å². The first-order valence-electron chi connectivity index (χ1n) is 3.82. The van der Waals surface area contributed by atoms with Gasteiger partial charge in [0.1, 0.15) is 11.8 Å². The van der Waals surface area contributed by atoms with Gasteiger partial charge in [-0.3, -0.25) is 5.41 Å². The molecule has 6 heteroatoms. The summed E-state index contributed by atoms with van der Waals surface area (Å²) in [4.78, 5) is 3.93. The van der Waals surface area contributed by atoms with E-state index in [0.29, 0.717) is 0 Å². The van der Waals surface area contributed by atoms with Crippen LogP contribution in [0.2, 0.25) is 0 Å². The summed E-state index contributed by atoms with van der Waals surface area (Å²) in [7, 11) is 0. The fourth-order valence-corrected chi connectivity index (χ4v) is 0.946. The normalized spacial score (nSPS) is 9.14. The zero-order chi connectivity index (χ0) is 10.6. The van der Waals surface area contributed by atoms with E-state index in [1.54, 1.807) is 0 Å². The van der Waals surface area contributed by atoms with Crippen molar-refractivity contribution in [3.05, 3.63) is 30.6 Å². The van der Waals surface area contributed by atoms with E-state index in [2.05, 4.69) is 16.5 Å². The second-order valence-electron chi connectivity index (χ2n) is 2.53. The van der Waals surface area contributed by atoms with Crippen molar-refractivity contribution in [3.8, 4) is 0 Å². The third kappa shape index (κ3) is 2.37. The summed E-state index contributed by atoms with van der Waals surface area (Å²) in [6.07, 6.45) is 1.38. The van der Waals surface area contributed by atoms with E-state index in [0.717, 1.165) is 15.8 Å². The van der Waals surface area contributed by atoms with Gasteiger partial charge in [0.05, 0.1) is 5.52 Å². The van der Waals surface area contributed by atoms with Crippen LogP contribution in [-0.4, -0.2) is 20.9 Å². The molecule has 6 nitrogen and oxygen atoms in total. The molecule has 0 atom stereocenters. The lowest BCUT2D eigenvalue weighted by Crippen LogP contribution is -2.20. The molecule has 0 aliphatic rings. The maximum absolute atomic E-state index is 9.07. The van der Waals surface area contributed by atoms with Crippen molar-refractivity contribution in [3.63, 3.8) is 0 Å². The van der Waals surface area contributed by atoms with Crippen LogP contribution in [0.5, 0.6) is 0 Å². The van der Waals surface area contributed by atoms with Gasteiger partial charge in [0, 0.05) is 0 Å². The number of rotatable bonds is 0. The summed E-state index contributed by atoms with van der Waals surface area (Å²) >= 11 is 0. The first-order chi connectivity index (χ1) is 6.61. The van der Waals surface area contributed by atoms with Crippen LogP contribution in [0, 0.1) is 5.41 Å². The van der Waals surface area contributed by atoms with E-state index in [4.69, 9.17) is 10.6 Å². The van der Waals surface area contributed by atoms with Crippen molar-refractivity contribution in [2.75, 3.05) is 0 Å². The van der Waals surface area contributed by atoms with Gasteiger partial charge in [-0.25, -0.2) is 4.98 Å². The van der Waals surface area contributed by atoms with Crippen molar-refractivity contribution in [2.24, 2.45) is 11.5 Å². The molecule has 0 saturated heterocycles. The molecule has 0 fully saturated rings. The van der Waals surface area contributed by atoms with Crippen LogP contribution in [0.1, 0.15) is 0 Å². The highest BCUT2D eigenvalue weighted by Crippen LogP contribution is 2.08. The minimum atomic E-state index is -0.333. The molecule has 0 radical (unpaired) electrons. The fourth-order valence-electron chi connectivity index (χ4n) is 0.946. The van der Waals surface area contributed by atoms with Crippen LogP contribution in [0.15, 0.2) is 30.6 Å². The Kier molecular flexibility index (Phi) is 2.90.